The van der Waals surface area contributed by atoms with Crippen LogP contribution in [-0.4, -0.2) is 18.3 Å². The van der Waals surface area contributed by atoms with Gasteiger partial charge >= 0.3 is 0 Å². The lowest BCUT2D eigenvalue weighted by Gasteiger charge is -2.19. The van der Waals surface area contributed by atoms with Gasteiger partial charge in [-0.3, -0.25) is 0 Å². The second kappa shape index (κ2) is 5.97. The molecule has 0 spiro atoms. The van der Waals surface area contributed by atoms with E-state index in [1.165, 1.54) is 12.1 Å². The standard InChI is InChI=1S/C15H13FN2O2S/c16-10-2-1-3-11(8-10)17-15(21)18-12-4-5-13-14(9-12)20-7-6-19-13/h1-5,8-9H,6-7H2,(H2,17,18,21). The first kappa shape index (κ1) is 13.6. The van der Waals surface area contributed by atoms with Gasteiger partial charge < -0.3 is 20.1 Å². The minimum absolute atomic E-state index is 0.317. The fourth-order valence-electron chi connectivity index (χ4n) is 1.98. The van der Waals surface area contributed by atoms with Crippen LogP contribution in [0.5, 0.6) is 11.5 Å². The number of rotatable bonds is 2. The lowest BCUT2D eigenvalue weighted by Crippen LogP contribution is -2.20. The molecule has 21 heavy (non-hydrogen) atoms. The molecule has 2 aromatic rings. The van der Waals surface area contributed by atoms with E-state index in [2.05, 4.69) is 10.6 Å². The van der Waals surface area contributed by atoms with Gasteiger partial charge in [-0.15, -0.1) is 0 Å². The number of thiocarbonyl (C=S) groups is 1. The van der Waals surface area contributed by atoms with Crippen molar-refractivity contribution in [2.24, 2.45) is 0 Å². The Morgan fingerprint density at radius 2 is 1.67 bits per heavy atom. The molecule has 2 aromatic carbocycles. The predicted octanol–water partition coefficient (Wildman–Crippen LogP) is 3.41. The molecule has 3 rings (SSSR count). The quantitative estimate of drug-likeness (QED) is 0.832. The van der Waals surface area contributed by atoms with Gasteiger partial charge in [0, 0.05) is 17.4 Å². The van der Waals surface area contributed by atoms with Gasteiger partial charge in [-0.05, 0) is 42.5 Å². The van der Waals surface area contributed by atoms with Crippen LogP contribution in [0.25, 0.3) is 0 Å². The Kier molecular flexibility index (Phi) is 3.87. The average Bonchev–Trinajstić information content (AvgIpc) is 2.47. The molecule has 0 saturated carbocycles. The molecule has 0 bridgehead atoms. The molecule has 1 aliphatic rings. The van der Waals surface area contributed by atoms with Gasteiger partial charge in [0.05, 0.1) is 0 Å². The minimum Gasteiger partial charge on any atom is -0.486 e. The summed E-state index contributed by atoms with van der Waals surface area (Å²) in [5.74, 6) is 1.08. The largest absolute Gasteiger partial charge is 0.486 e. The number of halogens is 1. The molecule has 108 valence electrons. The Balaban J connectivity index is 1.67. The van der Waals surface area contributed by atoms with Crippen molar-refractivity contribution in [1.82, 2.24) is 0 Å². The van der Waals surface area contributed by atoms with Crippen LogP contribution in [0, 0.1) is 5.82 Å². The third kappa shape index (κ3) is 3.41. The first-order valence-electron chi connectivity index (χ1n) is 6.44. The van der Waals surface area contributed by atoms with Crippen LogP contribution in [-0.2, 0) is 0 Å². The molecule has 0 atom stereocenters. The summed E-state index contributed by atoms with van der Waals surface area (Å²) in [5.41, 5.74) is 1.36. The summed E-state index contributed by atoms with van der Waals surface area (Å²) in [4.78, 5) is 0. The van der Waals surface area contributed by atoms with Crippen molar-refractivity contribution in [1.29, 1.82) is 0 Å². The highest BCUT2D eigenvalue weighted by Gasteiger charge is 2.12. The van der Waals surface area contributed by atoms with Gasteiger partial charge in [0.15, 0.2) is 16.6 Å². The molecule has 0 unspecified atom stereocenters. The van der Waals surface area contributed by atoms with E-state index in [1.54, 1.807) is 12.1 Å². The molecule has 4 nitrogen and oxygen atoms in total. The van der Waals surface area contributed by atoms with E-state index in [1.807, 2.05) is 18.2 Å². The molecule has 1 heterocycles. The average molecular weight is 304 g/mol. The molecule has 1 aliphatic heterocycles. The molecular weight excluding hydrogens is 291 g/mol. The number of nitrogens with one attached hydrogen (secondary N) is 2. The molecule has 0 amide bonds. The van der Waals surface area contributed by atoms with E-state index in [0.29, 0.717) is 29.8 Å². The number of benzene rings is 2. The SMILES string of the molecule is Fc1cccc(NC(=S)Nc2ccc3c(c2)OCCO3)c1. The molecule has 0 aliphatic carbocycles. The molecule has 0 aromatic heterocycles. The van der Waals surface area contributed by atoms with E-state index < -0.39 is 0 Å². The maximum Gasteiger partial charge on any atom is 0.175 e. The second-order valence-electron chi connectivity index (χ2n) is 4.45. The third-order valence-corrected chi connectivity index (χ3v) is 3.09. The fourth-order valence-corrected chi connectivity index (χ4v) is 2.22. The van der Waals surface area contributed by atoms with Crippen LogP contribution in [0.4, 0.5) is 15.8 Å². The van der Waals surface area contributed by atoms with Gasteiger partial charge in [0.1, 0.15) is 19.0 Å². The monoisotopic (exact) mass is 304 g/mol. The van der Waals surface area contributed by atoms with Crippen molar-refractivity contribution in [2.45, 2.75) is 0 Å². The Morgan fingerprint density at radius 1 is 0.952 bits per heavy atom. The smallest absolute Gasteiger partial charge is 0.175 e. The lowest BCUT2D eigenvalue weighted by atomic mass is 10.2. The van der Waals surface area contributed by atoms with E-state index in [4.69, 9.17) is 21.7 Å². The minimum atomic E-state index is -0.317. The van der Waals surface area contributed by atoms with E-state index in [-0.39, 0.29) is 5.82 Å². The van der Waals surface area contributed by atoms with Crippen molar-refractivity contribution >= 4 is 28.7 Å². The molecule has 0 saturated heterocycles. The van der Waals surface area contributed by atoms with Crippen molar-refractivity contribution < 1.29 is 13.9 Å². The van der Waals surface area contributed by atoms with Crippen molar-refractivity contribution in [3.05, 3.63) is 48.3 Å². The van der Waals surface area contributed by atoms with Gasteiger partial charge in [0.2, 0.25) is 0 Å². The van der Waals surface area contributed by atoms with E-state index in [9.17, 15) is 4.39 Å². The van der Waals surface area contributed by atoms with Crippen LogP contribution in [0.3, 0.4) is 0 Å². The molecular formula is C15H13FN2O2S. The van der Waals surface area contributed by atoms with Crippen LogP contribution >= 0.6 is 12.2 Å². The summed E-state index contributed by atoms with van der Waals surface area (Å²) in [6.07, 6.45) is 0. The van der Waals surface area contributed by atoms with Crippen LogP contribution in [0.2, 0.25) is 0 Å². The third-order valence-electron chi connectivity index (χ3n) is 2.88. The van der Waals surface area contributed by atoms with Crippen molar-refractivity contribution in [3.8, 4) is 11.5 Å². The highest BCUT2D eigenvalue weighted by Crippen LogP contribution is 2.32. The number of hydrogen-bond donors (Lipinski definition) is 2. The van der Waals surface area contributed by atoms with Crippen molar-refractivity contribution in [3.63, 3.8) is 0 Å². The van der Waals surface area contributed by atoms with Crippen LogP contribution in [0.1, 0.15) is 0 Å². The summed E-state index contributed by atoms with van der Waals surface area (Å²) in [6.45, 7) is 1.09. The summed E-state index contributed by atoms with van der Waals surface area (Å²) >= 11 is 5.20. The fraction of sp³-hybridized carbons (Fsp3) is 0.133. The number of anilines is 2. The van der Waals surface area contributed by atoms with Gasteiger partial charge in [-0.1, -0.05) is 6.07 Å². The van der Waals surface area contributed by atoms with Gasteiger partial charge in [-0.25, -0.2) is 4.39 Å². The number of fused-ring (bicyclic) bond motifs is 1. The van der Waals surface area contributed by atoms with Crippen LogP contribution in [0.15, 0.2) is 42.5 Å². The highest BCUT2D eigenvalue weighted by atomic mass is 32.1. The lowest BCUT2D eigenvalue weighted by molar-refractivity contribution is 0.171. The maximum absolute atomic E-state index is 13.1. The molecule has 6 heteroatoms. The maximum atomic E-state index is 13.1. The zero-order valence-corrected chi connectivity index (χ0v) is 11.9. The topological polar surface area (TPSA) is 42.5 Å². The highest BCUT2D eigenvalue weighted by molar-refractivity contribution is 7.80. The van der Waals surface area contributed by atoms with E-state index in [0.717, 1.165) is 11.4 Å². The molecule has 0 radical (unpaired) electrons. The number of ether oxygens (including phenoxy) is 2. The van der Waals surface area contributed by atoms with Gasteiger partial charge in [0.25, 0.3) is 0 Å². The van der Waals surface area contributed by atoms with Crippen molar-refractivity contribution in [2.75, 3.05) is 23.8 Å². The molecule has 0 fully saturated rings. The second-order valence-corrected chi connectivity index (χ2v) is 4.86. The Labute approximate surface area is 126 Å². The zero-order valence-electron chi connectivity index (χ0n) is 11.1. The van der Waals surface area contributed by atoms with Crippen LogP contribution < -0.4 is 20.1 Å². The summed E-state index contributed by atoms with van der Waals surface area (Å²) in [7, 11) is 0. The summed E-state index contributed by atoms with van der Waals surface area (Å²) < 4.78 is 24.0. The molecule has 2 N–H and O–H groups in total. The first-order chi connectivity index (χ1) is 10.2. The normalized spacial score (nSPS) is 12.6. The first-order valence-corrected chi connectivity index (χ1v) is 6.85. The zero-order chi connectivity index (χ0) is 14.7. The Bertz CT molecular complexity index is 678. The number of hydrogen-bond acceptors (Lipinski definition) is 3. The Hall–Kier alpha value is -2.34. The summed E-state index contributed by atoms with van der Waals surface area (Å²) in [5, 5.41) is 6.31. The van der Waals surface area contributed by atoms with E-state index >= 15 is 0 Å². The predicted molar refractivity (Wildman–Crippen MR) is 83.7 cm³/mol. The van der Waals surface area contributed by atoms with Gasteiger partial charge in [-0.2, -0.15) is 0 Å². The summed E-state index contributed by atoms with van der Waals surface area (Å²) in [6, 6.07) is 11.6. The Morgan fingerprint density at radius 3 is 2.43 bits per heavy atom.